The van der Waals surface area contributed by atoms with Crippen molar-refractivity contribution in [3.05, 3.63) is 88.4 Å². The number of nitrogens with zero attached hydrogens (tertiary/aromatic N) is 4. The van der Waals surface area contributed by atoms with E-state index in [-0.39, 0.29) is 0 Å². The van der Waals surface area contributed by atoms with Crippen molar-refractivity contribution in [1.82, 2.24) is 0 Å². The summed E-state index contributed by atoms with van der Waals surface area (Å²) in [5, 5.41) is 4.89. The molecule has 102 valence electrons. The van der Waals surface area contributed by atoms with E-state index in [1.165, 1.54) is 10.9 Å². The number of hydrogen-bond donors (Lipinski definition) is 0. The zero-order valence-corrected chi connectivity index (χ0v) is 11.6. The minimum Gasteiger partial charge on any atom is -0.191 e. The van der Waals surface area contributed by atoms with E-state index in [2.05, 4.69) is 44.9 Å². The Bertz CT molecular complexity index is 805. The number of hydrogen-bond acceptors (Lipinski definition) is 1. The average Bonchev–Trinajstić information content (AvgIpc) is 2.55. The van der Waals surface area contributed by atoms with Gasteiger partial charge in [-0.15, -0.1) is 0 Å². The molecule has 0 saturated carbocycles. The molecule has 0 radical (unpaired) electrons. The molecule has 21 heavy (non-hydrogen) atoms. The van der Waals surface area contributed by atoms with E-state index >= 15 is 0 Å². The van der Waals surface area contributed by atoms with Crippen molar-refractivity contribution in [3.63, 3.8) is 0 Å². The Kier molecular flexibility index (Phi) is 3.81. The van der Waals surface area contributed by atoms with E-state index in [0.29, 0.717) is 6.54 Å². The van der Waals surface area contributed by atoms with Crippen LogP contribution >= 0.6 is 0 Å². The third-order valence-corrected chi connectivity index (χ3v) is 3.51. The molecule has 4 nitrogen and oxygen atoms in total. The molecule has 0 bridgehead atoms. The van der Waals surface area contributed by atoms with Crippen LogP contribution in [0, 0.1) is 0 Å². The Hall–Kier alpha value is -2.84. The highest BCUT2D eigenvalue weighted by Crippen LogP contribution is 2.12. The van der Waals surface area contributed by atoms with E-state index in [0.717, 1.165) is 17.8 Å². The number of azide groups is 1. The van der Waals surface area contributed by atoms with Crippen molar-refractivity contribution in [1.29, 1.82) is 0 Å². The summed E-state index contributed by atoms with van der Waals surface area (Å²) < 4.78 is 2.21. The van der Waals surface area contributed by atoms with Gasteiger partial charge in [-0.05, 0) is 17.7 Å². The number of para-hydroxylation sites is 1. The van der Waals surface area contributed by atoms with Crippen molar-refractivity contribution in [3.8, 4) is 0 Å². The van der Waals surface area contributed by atoms with E-state index in [4.69, 9.17) is 5.53 Å². The molecule has 1 heterocycles. The fourth-order valence-electron chi connectivity index (χ4n) is 2.50. The molecule has 4 heteroatoms. The highest BCUT2D eigenvalue weighted by molar-refractivity contribution is 5.75. The summed E-state index contributed by atoms with van der Waals surface area (Å²) in [5.74, 6) is 0. The highest BCUT2D eigenvalue weighted by Gasteiger charge is 2.15. The van der Waals surface area contributed by atoms with Crippen LogP contribution in [0.1, 0.15) is 11.3 Å². The lowest BCUT2D eigenvalue weighted by molar-refractivity contribution is -0.670. The third-order valence-electron chi connectivity index (χ3n) is 3.51. The van der Waals surface area contributed by atoms with E-state index in [1.54, 1.807) is 0 Å². The van der Waals surface area contributed by atoms with Gasteiger partial charge in [-0.25, -0.2) is 0 Å². The van der Waals surface area contributed by atoms with Gasteiger partial charge in [-0.3, -0.25) is 0 Å². The monoisotopic (exact) mass is 275 g/mol. The quantitative estimate of drug-likeness (QED) is 0.299. The minimum atomic E-state index is 0.355. The average molecular weight is 275 g/mol. The number of fused-ring (bicyclic) bond motifs is 1. The molecule has 0 saturated heterocycles. The first-order chi connectivity index (χ1) is 10.4. The SMILES string of the molecule is [N-]=[N+]=NCc1ccc2ccccc2[n+]1Cc1ccccc1. The molecular weight excluding hydrogens is 260 g/mol. The molecule has 0 aliphatic heterocycles. The molecule has 3 rings (SSSR count). The maximum Gasteiger partial charge on any atom is 0.212 e. The van der Waals surface area contributed by atoms with Gasteiger partial charge < -0.3 is 0 Å². The highest BCUT2D eigenvalue weighted by atomic mass is 15.1. The third kappa shape index (κ3) is 2.86. The van der Waals surface area contributed by atoms with Crippen LogP contribution < -0.4 is 4.57 Å². The van der Waals surface area contributed by atoms with Gasteiger partial charge in [0.1, 0.15) is 6.54 Å². The molecule has 0 fully saturated rings. The Balaban J connectivity index is 2.13. The zero-order valence-electron chi connectivity index (χ0n) is 11.6. The second kappa shape index (κ2) is 6.07. The lowest BCUT2D eigenvalue weighted by Gasteiger charge is -2.06. The molecule has 0 N–H and O–H groups in total. The smallest absolute Gasteiger partial charge is 0.191 e. The normalized spacial score (nSPS) is 10.3. The number of pyridine rings is 1. The summed E-state index contributed by atoms with van der Waals surface area (Å²) in [6, 6.07) is 22.6. The molecule has 1 aromatic heterocycles. The van der Waals surface area contributed by atoms with Crippen LogP contribution in [0.3, 0.4) is 0 Å². The fraction of sp³-hybridized carbons (Fsp3) is 0.118. The molecule has 0 atom stereocenters. The Morgan fingerprint density at radius 1 is 0.905 bits per heavy atom. The van der Waals surface area contributed by atoms with Gasteiger partial charge in [-0.2, -0.15) is 4.57 Å². The predicted octanol–water partition coefficient (Wildman–Crippen LogP) is 3.99. The molecule has 3 aromatic rings. The van der Waals surface area contributed by atoms with Crippen molar-refractivity contribution >= 4 is 10.9 Å². The maximum atomic E-state index is 8.57. The fourth-order valence-corrected chi connectivity index (χ4v) is 2.50. The van der Waals surface area contributed by atoms with Gasteiger partial charge >= 0.3 is 0 Å². The lowest BCUT2D eigenvalue weighted by Crippen LogP contribution is -2.39. The van der Waals surface area contributed by atoms with Gasteiger partial charge in [0.2, 0.25) is 5.52 Å². The van der Waals surface area contributed by atoms with Gasteiger partial charge in [0.25, 0.3) is 0 Å². The van der Waals surface area contributed by atoms with Crippen LogP contribution in [0.4, 0.5) is 0 Å². The Morgan fingerprint density at radius 3 is 2.48 bits per heavy atom. The predicted molar refractivity (Wildman–Crippen MR) is 82.5 cm³/mol. The largest absolute Gasteiger partial charge is 0.212 e. The summed E-state index contributed by atoms with van der Waals surface area (Å²) in [6.07, 6.45) is 0. The molecule has 0 aliphatic rings. The van der Waals surface area contributed by atoms with Gasteiger partial charge in [-0.1, -0.05) is 47.6 Å². The molecule has 0 aliphatic carbocycles. The van der Waals surface area contributed by atoms with E-state index in [9.17, 15) is 0 Å². The van der Waals surface area contributed by atoms with Crippen LogP contribution in [-0.2, 0) is 13.1 Å². The number of rotatable bonds is 4. The molecule has 2 aromatic carbocycles. The van der Waals surface area contributed by atoms with Gasteiger partial charge in [0, 0.05) is 28.0 Å². The van der Waals surface area contributed by atoms with E-state index in [1.807, 2.05) is 36.4 Å². The lowest BCUT2D eigenvalue weighted by atomic mass is 10.1. The first-order valence-corrected chi connectivity index (χ1v) is 6.84. The number of aromatic nitrogens is 1. The first kappa shape index (κ1) is 13.2. The van der Waals surface area contributed by atoms with Crippen LogP contribution in [-0.4, -0.2) is 0 Å². The summed E-state index contributed by atoms with van der Waals surface area (Å²) in [4.78, 5) is 2.87. The van der Waals surface area contributed by atoms with Crippen LogP contribution in [0.2, 0.25) is 0 Å². The summed E-state index contributed by atoms with van der Waals surface area (Å²) in [6.45, 7) is 1.12. The second-order valence-corrected chi connectivity index (χ2v) is 4.84. The van der Waals surface area contributed by atoms with Crippen LogP contribution in [0.5, 0.6) is 0 Å². The second-order valence-electron chi connectivity index (χ2n) is 4.84. The molecular formula is C17H15N4+. The molecule has 0 spiro atoms. The zero-order chi connectivity index (χ0) is 14.5. The van der Waals surface area contributed by atoms with Crippen LogP contribution in [0.15, 0.2) is 71.8 Å². The molecule has 0 unspecified atom stereocenters. The van der Waals surface area contributed by atoms with Crippen molar-refractivity contribution in [2.45, 2.75) is 13.1 Å². The van der Waals surface area contributed by atoms with Crippen LogP contribution in [0.25, 0.3) is 21.3 Å². The maximum absolute atomic E-state index is 8.57. The summed E-state index contributed by atoms with van der Waals surface area (Å²) >= 11 is 0. The first-order valence-electron chi connectivity index (χ1n) is 6.84. The summed E-state index contributed by atoms with van der Waals surface area (Å²) in [5.41, 5.74) is 11.9. The van der Waals surface area contributed by atoms with E-state index < -0.39 is 0 Å². The van der Waals surface area contributed by atoms with Crippen molar-refractivity contribution in [2.24, 2.45) is 5.11 Å². The van der Waals surface area contributed by atoms with Crippen molar-refractivity contribution < 1.29 is 4.57 Å². The summed E-state index contributed by atoms with van der Waals surface area (Å²) in [7, 11) is 0. The van der Waals surface area contributed by atoms with Gasteiger partial charge in [0.05, 0.1) is 0 Å². The topological polar surface area (TPSA) is 52.6 Å². The van der Waals surface area contributed by atoms with Gasteiger partial charge in [0.15, 0.2) is 12.2 Å². The molecule has 0 amide bonds. The standard InChI is InChI=1S/C17H15N4/c18-20-19-12-16-11-10-15-8-4-5-9-17(15)21(16)13-14-6-2-1-3-7-14/h1-11H,12-13H2/q+1. The Morgan fingerprint density at radius 2 is 1.67 bits per heavy atom. The van der Waals surface area contributed by atoms with Crippen molar-refractivity contribution in [2.75, 3.05) is 0 Å². The minimum absolute atomic E-state index is 0.355. The number of benzene rings is 2. The Labute approximate surface area is 122 Å².